The first-order valence-corrected chi connectivity index (χ1v) is 38.6. The fraction of sp³-hybridized carbons (Fsp3) is 0.514. The number of methoxy groups -OCH3 is 1. The van der Waals surface area contributed by atoms with Crippen LogP contribution in [0.3, 0.4) is 0 Å². The molecule has 9 amide bonds. The molecule has 4 fully saturated rings. The number of nitrogens with one attached hydrogen (secondary N) is 5. The molecule has 0 bridgehead atoms. The third-order valence-corrected chi connectivity index (χ3v) is 23.2. The van der Waals surface area contributed by atoms with E-state index in [-0.39, 0.29) is 120 Å². The monoisotopic (exact) mass is 1490 g/mol. The molecule has 105 heavy (non-hydrogen) atoms. The third-order valence-electron chi connectivity index (χ3n) is 21.1. The molecule has 1 aromatic heterocycles. The minimum atomic E-state index is -5.92. The molecule has 3 saturated heterocycles. The smallest absolute Gasteiger partial charge is 0.409 e. The largest absolute Gasteiger partial charge is 0.508 e. The van der Waals surface area contributed by atoms with Gasteiger partial charge in [0.1, 0.15) is 47.2 Å². The van der Waals surface area contributed by atoms with E-state index in [1.54, 1.807) is 29.2 Å². The van der Waals surface area contributed by atoms with Gasteiger partial charge in [0.05, 0.1) is 24.1 Å². The summed E-state index contributed by atoms with van der Waals surface area (Å²) in [5.74, 6) is -5.34. The molecule has 4 aromatic carbocycles. The maximum Gasteiger partial charge on any atom is 0.409 e. The summed E-state index contributed by atoms with van der Waals surface area (Å²) in [5, 5.41) is 34.9. The molecule has 6 aliphatic rings. The van der Waals surface area contributed by atoms with Crippen molar-refractivity contribution in [2.75, 3.05) is 46.4 Å². The molecule has 6 heterocycles. The number of benzene rings is 4. The van der Waals surface area contributed by atoms with Gasteiger partial charge >= 0.3 is 25.3 Å². The van der Waals surface area contributed by atoms with Crippen molar-refractivity contribution in [1.82, 2.24) is 41.3 Å². The Morgan fingerprint density at radius 1 is 0.705 bits per heavy atom. The number of amides is 9. The van der Waals surface area contributed by atoms with Gasteiger partial charge in [-0.3, -0.25) is 42.9 Å². The number of nitrogens with zero attached hydrogens (tertiary/aromatic N) is 3. The number of rotatable bonds is 28. The van der Waals surface area contributed by atoms with E-state index in [0.717, 1.165) is 114 Å². The lowest BCUT2D eigenvalue weighted by molar-refractivity contribution is -0.144. The molecule has 11 N–H and O–H groups in total. The maximum atomic E-state index is 14.8. The zero-order valence-corrected chi connectivity index (χ0v) is 60.1. The van der Waals surface area contributed by atoms with Crippen LogP contribution in [0.25, 0.3) is 10.1 Å². The first kappa shape index (κ1) is 76.9. The molecule has 5 aliphatic heterocycles. The Balaban J connectivity index is 0.600. The van der Waals surface area contributed by atoms with E-state index in [1.165, 1.54) is 52.3 Å². The normalized spacial score (nSPS) is 19.3. The first-order chi connectivity index (χ1) is 50.3. The molecule has 1 saturated carbocycles. The number of ether oxygens (including phenoxy) is 3. The number of nitrogens with two attached hydrogens (primary N) is 1. The fourth-order valence-corrected chi connectivity index (χ4v) is 16.9. The van der Waals surface area contributed by atoms with Crippen molar-refractivity contribution in [3.63, 3.8) is 0 Å². The highest BCUT2D eigenvalue weighted by molar-refractivity contribution is 7.52. The van der Waals surface area contributed by atoms with Crippen LogP contribution in [0.1, 0.15) is 194 Å². The molecule has 31 heteroatoms. The van der Waals surface area contributed by atoms with Gasteiger partial charge in [-0.2, -0.15) is 8.78 Å². The molecular formula is C74H90F2N9O18PS. The number of phenols is 2. The third kappa shape index (κ3) is 17.3. The number of halogens is 2. The Morgan fingerprint density at radius 2 is 1.32 bits per heavy atom. The topological polar surface area (TPSA) is 392 Å². The van der Waals surface area contributed by atoms with Gasteiger partial charge in [0.25, 0.3) is 11.8 Å². The lowest BCUT2D eigenvalue weighted by Gasteiger charge is -2.39. The summed E-state index contributed by atoms with van der Waals surface area (Å²) in [6.07, 6.45) is 13.8. The number of unbranched alkanes of at least 4 members (excludes halogenated alkanes) is 9. The second kappa shape index (κ2) is 33.5. The number of aromatic hydroxyl groups is 2. The average Bonchev–Trinajstić information content (AvgIpc) is 1.60. The number of primary amides is 1. The predicted molar refractivity (Wildman–Crippen MR) is 379 cm³/mol. The predicted octanol–water partition coefficient (Wildman–Crippen LogP) is 8.54. The van der Waals surface area contributed by atoms with E-state index in [4.69, 9.17) is 19.9 Å². The molecule has 564 valence electrons. The van der Waals surface area contributed by atoms with Crippen molar-refractivity contribution in [2.24, 2.45) is 17.6 Å². The van der Waals surface area contributed by atoms with Crippen molar-refractivity contribution in [3.8, 4) is 23.0 Å². The van der Waals surface area contributed by atoms with E-state index >= 15 is 0 Å². The van der Waals surface area contributed by atoms with Crippen molar-refractivity contribution < 1.29 is 95.5 Å². The Kier molecular flexibility index (Phi) is 24.5. The summed E-state index contributed by atoms with van der Waals surface area (Å²) >= 11 is 0.847. The van der Waals surface area contributed by atoms with Crippen LogP contribution in [0.2, 0.25) is 0 Å². The molecule has 0 radical (unpaired) electrons. The van der Waals surface area contributed by atoms with E-state index < -0.39 is 103 Å². The number of hydrogen-bond donors (Lipinski definition) is 10. The summed E-state index contributed by atoms with van der Waals surface area (Å²) in [6.45, 7) is 1.19. The van der Waals surface area contributed by atoms with E-state index in [9.17, 15) is 81.3 Å². The summed E-state index contributed by atoms with van der Waals surface area (Å²) in [5.41, 5.74) is 0.704. The van der Waals surface area contributed by atoms with Gasteiger partial charge in [-0.25, -0.2) is 9.59 Å². The molecule has 1 spiro atoms. The zero-order valence-electron chi connectivity index (χ0n) is 58.4. The average molecular weight is 1490 g/mol. The van der Waals surface area contributed by atoms with Crippen LogP contribution in [0.15, 0.2) is 78.9 Å². The minimum Gasteiger partial charge on any atom is -0.508 e. The van der Waals surface area contributed by atoms with Crippen LogP contribution in [0.5, 0.6) is 23.0 Å². The molecule has 5 aromatic rings. The van der Waals surface area contributed by atoms with Crippen LogP contribution in [0.4, 0.5) is 13.6 Å². The summed E-state index contributed by atoms with van der Waals surface area (Å²) in [6, 6.07) is 12.3. The standard InChI is InChI=1S/C74H90F2N9O18PS/c1-101-72(97)84-36-31-48-19-26-57(85(48)69(94)56(42-84)81-68(93)61-39-46-37-47(18-27-60(46)105-61)74(75,76)104(98,99)100)67(92)80-55(25-28-62(77)88)66(91)82-63(43-15-11-10-12-16-43)70(95)83-34-29-44(30-35-83)64(89)78-32-13-8-6-4-2-3-5-7-9-14-33-79-65(90)45-17-22-52-51(38-45)71(96)103-73(52)53-23-20-49(86)40-58(53)102-59-41-50(87)21-24-54(59)73/h17-18,20-24,27,37-41,43-44,48,55-57,63,86-87H,2-16,19,25-26,28-36,42H2,1H3,(H2,77,88)(H,78,89)(H,79,90)(H,80,92)(H,81,93)(H,82,91)(H2,98,99,100)/t48-,55+,56+,57+,63+/m1/s1. The molecule has 5 atom stereocenters. The van der Waals surface area contributed by atoms with Crippen LogP contribution < -0.4 is 37.1 Å². The SMILES string of the molecule is COC(=O)N1CC[C@H]2CC[C@@H](C(=O)N[C@@H](CCC(N)=O)C(=O)N[C@H](C(=O)N3CCC(C(=O)NCCCCCCCCCCCCNC(=O)c4ccc5c(c4)C(=O)OC54c5ccc(O)cc5Oc5cc(O)ccc54)CC3)C3CCCCC3)N2C(=O)[C@@H](NC(=O)c2cc3cc(C(F)(F)P(=O)(O)O)ccc3s2)C1. The van der Waals surface area contributed by atoms with Gasteiger partial charge < -0.3 is 81.2 Å². The van der Waals surface area contributed by atoms with E-state index in [1.807, 2.05) is 0 Å². The van der Waals surface area contributed by atoms with Gasteiger partial charge in [-0.15, -0.1) is 11.3 Å². The van der Waals surface area contributed by atoms with Crippen LogP contribution in [0, 0.1) is 11.8 Å². The van der Waals surface area contributed by atoms with Crippen molar-refractivity contribution in [1.29, 1.82) is 0 Å². The lowest BCUT2D eigenvalue weighted by Crippen LogP contribution is -2.62. The van der Waals surface area contributed by atoms with Gasteiger partial charge in [0, 0.05) is 95.8 Å². The number of hydrogen-bond acceptors (Lipinski definition) is 17. The van der Waals surface area contributed by atoms with Crippen molar-refractivity contribution >= 4 is 88.3 Å². The number of carbonyl (C=O) groups excluding carboxylic acids is 10. The Bertz CT molecular complexity index is 4130. The number of phenolic OH excluding ortho intramolecular Hbond substituents is 2. The molecule has 0 unspecified atom stereocenters. The number of thiophene rings is 1. The highest BCUT2D eigenvalue weighted by Gasteiger charge is 2.55. The summed E-state index contributed by atoms with van der Waals surface area (Å²) in [7, 11) is -4.77. The Labute approximate surface area is 609 Å². The lowest BCUT2D eigenvalue weighted by atomic mass is 9.77. The van der Waals surface area contributed by atoms with Crippen LogP contribution in [-0.2, 0) is 54.1 Å². The second-order valence-electron chi connectivity index (χ2n) is 28.1. The zero-order chi connectivity index (χ0) is 74.9. The quantitative estimate of drug-likeness (QED) is 0.0127. The van der Waals surface area contributed by atoms with E-state index in [2.05, 4.69) is 26.6 Å². The Hall–Kier alpha value is -9.25. The number of esters is 1. The van der Waals surface area contributed by atoms with Gasteiger partial charge in [0.2, 0.25) is 35.4 Å². The first-order valence-electron chi connectivity index (χ1n) is 36.2. The van der Waals surface area contributed by atoms with Crippen molar-refractivity contribution in [3.05, 3.63) is 117 Å². The van der Waals surface area contributed by atoms with Gasteiger partial charge in [-0.1, -0.05) is 82.8 Å². The highest BCUT2D eigenvalue weighted by atomic mass is 32.1. The van der Waals surface area contributed by atoms with Gasteiger partial charge in [-0.05, 0) is 130 Å². The molecule has 11 rings (SSSR count). The summed E-state index contributed by atoms with van der Waals surface area (Å²) < 4.78 is 58.4. The second-order valence-corrected chi connectivity index (χ2v) is 30.8. The van der Waals surface area contributed by atoms with Gasteiger partial charge in [0.15, 0.2) is 5.60 Å². The van der Waals surface area contributed by atoms with Crippen LogP contribution in [-0.4, -0.2) is 171 Å². The highest BCUT2D eigenvalue weighted by Crippen LogP contribution is 2.60. The number of piperidine rings is 1. The van der Waals surface area contributed by atoms with Crippen molar-refractivity contribution in [2.45, 2.75) is 183 Å². The number of likely N-dealkylation sites (tertiary alicyclic amines) is 1. The molecule has 1 aliphatic carbocycles. The van der Waals surface area contributed by atoms with Crippen LogP contribution >= 0.6 is 18.9 Å². The molecular weight excluding hydrogens is 1400 g/mol. The fourth-order valence-electron chi connectivity index (χ4n) is 15.4. The number of carbonyl (C=O) groups is 10. The minimum absolute atomic E-state index is 0.0396. The Morgan fingerprint density at radius 3 is 1.95 bits per heavy atom. The number of alkyl halides is 2. The van der Waals surface area contributed by atoms with E-state index in [0.29, 0.717) is 65.7 Å². The number of fused-ring (bicyclic) bond motifs is 8. The molecule has 27 nitrogen and oxygen atoms in total. The summed E-state index contributed by atoms with van der Waals surface area (Å²) in [4.78, 5) is 161. The maximum absolute atomic E-state index is 14.8.